The van der Waals surface area contributed by atoms with Crippen LogP contribution in [0.5, 0.6) is 5.75 Å². The van der Waals surface area contributed by atoms with Crippen LogP contribution in [0.2, 0.25) is 0 Å². The van der Waals surface area contributed by atoms with Gasteiger partial charge >= 0.3 is 0 Å². The van der Waals surface area contributed by atoms with Gasteiger partial charge in [-0.3, -0.25) is 4.90 Å². The maximum absolute atomic E-state index is 9.98. The van der Waals surface area contributed by atoms with E-state index in [4.69, 9.17) is 9.97 Å². The molecule has 0 radical (unpaired) electrons. The Morgan fingerprint density at radius 2 is 1.79 bits per heavy atom. The Morgan fingerprint density at radius 1 is 1.00 bits per heavy atom. The number of anilines is 4. The molecule has 4 aromatic rings. The molecule has 1 saturated carbocycles. The second kappa shape index (κ2) is 7.71. The third kappa shape index (κ3) is 3.36. The molecule has 3 heterocycles. The molecule has 2 unspecified atom stereocenters. The summed E-state index contributed by atoms with van der Waals surface area (Å²) >= 11 is 0. The number of nitrogens with zero attached hydrogens (tertiary/aromatic N) is 5. The van der Waals surface area contributed by atoms with Crippen LogP contribution in [0.15, 0.2) is 67.1 Å². The number of phenolic OH excluding ortho intramolecular Hbond substituents is 1. The zero-order valence-electron chi connectivity index (χ0n) is 18.3. The van der Waals surface area contributed by atoms with Gasteiger partial charge < -0.3 is 15.1 Å². The topological polar surface area (TPSA) is 85.6 Å². The second-order valence-corrected chi connectivity index (χ2v) is 8.98. The minimum absolute atomic E-state index is 0.233. The molecule has 7 heteroatoms. The SMILES string of the molecule is Cc1cc(O)ccc1N(c1ccccc1)c1ncnc2cnc(N3CC4C(CO)C4C3)cc12. The van der Waals surface area contributed by atoms with Crippen LogP contribution in [-0.4, -0.2) is 44.9 Å². The minimum Gasteiger partial charge on any atom is -0.508 e. The molecule has 2 aliphatic rings. The third-order valence-corrected chi connectivity index (χ3v) is 7.04. The maximum Gasteiger partial charge on any atom is 0.149 e. The maximum atomic E-state index is 9.98. The van der Waals surface area contributed by atoms with Crippen molar-refractivity contribution in [2.75, 3.05) is 29.5 Å². The lowest BCUT2D eigenvalue weighted by Crippen LogP contribution is -2.25. The number of fused-ring (bicyclic) bond motifs is 2. The molecule has 2 N–H and O–H groups in total. The van der Waals surface area contributed by atoms with Crippen LogP contribution < -0.4 is 9.80 Å². The molecule has 0 amide bonds. The van der Waals surface area contributed by atoms with Gasteiger partial charge in [-0.25, -0.2) is 15.0 Å². The van der Waals surface area contributed by atoms with E-state index < -0.39 is 0 Å². The van der Waals surface area contributed by atoms with E-state index in [1.165, 1.54) is 0 Å². The standard InChI is InChI=1S/C26H25N5O2/c1-16-9-18(33)7-8-24(16)31(17-5-3-2-4-6-17)26-19-10-25(27-11-23(19)28-15-29-26)30-12-20-21(13-30)22(20)14-32/h2-11,15,20-22,32-33H,12-14H2,1H3. The molecule has 7 nitrogen and oxygen atoms in total. The summed E-state index contributed by atoms with van der Waals surface area (Å²) in [7, 11) is 0. The number of benzene rings is 2. The normalized spacial score (nSPS) is 21.3. The summed E-state index contributed by atoms with van der Waals surface area (Å²) in [5.74, 6) is 3.50. The van der Waals surface area contributed by atoms with Gasteiger partial charge in [-0.05, 0) is 66.6 Å². The highest BCUT2D eigenvalue weighted by molar-refractivity contribution is 5.96. The highest BCUT2D eigenvalue weighted by atomic mass is 16.3. The molecular weight excluding hydrogens is 414 g/mol. The van der Waals surface area contributed by atoms with Crippen molar-refractivity contribution in [3.8, 4) is 5.75 Å². The summed E-state index contributed by atoms with van der Waals surface area (Å²) in [4.78, 5) is 18.3. The fourth-order valence-electron chi connectivity index (χ4n) is 5.24. The van der Waals surface area contributed by atoms with Crippen LogP contribution in [0, 0.1) is 24.7 Å². The highest BCUT2D eigenvalue weighted by Crippen LogP contribution is 2.52. The molecule has 1 saturated heterocycles. The molecule has 1 aliphatic carbocycles. The number of hydrogen-bond acceptors (Lipinski definition) is 7. The molecule has 6 rings (SSSR count). The van der Waals surface area contributed by atoms with Gasteiger partial charge in [-0.2, -0.15) is 0 Å². The van der Waals surface area contributed by atoms with Crippen molar-refractivity contribution in [2.24, 2.45) is 17.8 Å². The van der Waals surface area contributed by atoms with Crippen LogP contribution in [0.25, 0.3) is 10.9 Å². The number of aliphatic hydroxyl groups excluding tert-OH is 1. The predicted octanol–water partition coefficient (Wildman–Crippen LogP) is 4.18. The minimum atomic E-state index is 0.233. The molecule has 2 atom stereocenters. The van der Waals surface area contributed by atoms with Gasteiger partial charge in [0.15, 0.2) is 0 Å². The van der Waals surface area contributed by atoms with Crippen LogP contribution in [0.3, 0.4) is 0 Å². The predicted molar refractivity (Wildman–Crippen MR) is 128 cm³/mol. The van der Waals surface area contributed by atoms with Gasteiger partial charge in [0.1, 0.15) is 23.7 Å². The number of rotatable bonds is 5. The van der Waals surface area contributed by atoms with Gasteiger partial charge in [0.05, 0.1) is 17.4 Å². The third-order valence-electron chi connectivity index (χ3n) is 7.04. The van der Waals surface area contributed by atoms with E-state index in [0.717, 1.165) is 52.6 Å². The van der Waals surface area contributed by atoms with Crippen LogP contribution in [0.1, 0.15) is 5.56 Å². The van der Waals surface area contributed by atoms with Gasteiger partial charge in [0.25, 0.3) is 0 Å². The summed E-state index contributed by atoms with van der Waals surface area (Å²) < 4.78 is 0. The molecule has 1 aliphatic heterocycles. The van der Waals surface area contributed by atoms with E-state index in [0.29, 0.717) is 17.8 Å². The van der Waals surface area contributed by atoms with Crippen LogP contribution >= 0.6 is 0 Å². The second-order valence-electron chi connectivity index (χ2n) is 8.98. The first-order valence-electron chi connectivity index (χ1n) is 11.3. The van der Waals surface area contributed by atoms with Crippen molar-refractivity contribution in [3.63, 3.8) is 0 Å². The van der Waals surface area contributed by atoms with E-state index in [1.54, 1.807) is 18.5 Å². The average molecular weight is 440 g/mol. The number of aromatic hydroxyl groups is 1. The number of aromatic nitrogens is 3. The van der Waals surface area contributed by atoms with Gasteiger partial charge in [-0.1, -0.05) is 18.2 Å². The lowest BCUT2D eigenvalue weighted by Gasteiger charge is -2.27. The summed E-state index contributed by atoms with van der Waals surface area (Å²) in [6.07, 6.45) is 3.39. The van der Waals surface area contributed by atoms with Crippen molar-refractivity contribution in [1.29, 1.82) is 0 Å². The monoisotopic (exact) mass is 439 g/mol. The first-order chi connectivity index (χ1) is 16.1. The van der Waals surface area contributed by atoms with Gasteiger partial charge in [0, 0.05) is 30.8 Å². The summed E-state index contributed by atoms with van der Waals surface area (Å²) in [5.41, 5.74) is 3.62. The Hall–Kier alpha value is -3.71. The van der Waals surface area contributed by atoms with Gasteiger partial charge in [-0.15, -0.1) is 0 Å². The summed E-state index contributed by atoms with van der Waals surface area (Å²) in [6, 6.07) is 17.5. The van der Waals surface area contributed by atoms with Crippen molar-refractivity contribution >= 4 is 33.9 Å². The van der Waals surface area contributed by atoms with Crippen molar-refractivity contribution < 1.29 is 10.2 Å². The molecule has 2 aromatic carbocycles. The molecule has 0 bridgehead atoms. The largest absolute Gasteiger partial charge is 0.508 e. The number of phenols is 1. The molecule has 2 fully saturated rings. The van der Waals surface area contributed by atoms with Crippen molar-refractivity contribution in [2.45, 2.75) is 6.92 Å². The Balaban J connectivity index is 1.47. The number of para-hydroxylation sites is 1. The fraction of sp³-hybridized carbons (Fsp3) is 0.269. The number of aryl methyl sites for hydroxylation is 1. The van der Waals surface area contributed by atoms with E-state index in [-0.39, 0.29) is 12.4 Å². The van der Waals surface area contributed by atoms with E-state index >= 15 is 0 Å². The Labute approximate surface area is 192 Å². The molecular formula is C26H25N5O2. The van der Waals surface area contributed by atoms with Gasteiger partial charge in [0.2, 0.25) is 0 Å². The average Bonchev–Trinajstić information content (AvgIpc) is 3.31. The van der Waals surface area contributed by atoms with Crippen molar-refractivity contribution in [1.82, 2.24) is 15.0 Å². The fourth-order valence-corrected chi connectivity index (χ4v) is 5.24. The molecule has 166 valence electrons. The van der Waals surface area contributed by atoms with E-state index in [1.807, 2.05) is 49.5 Å². The molecule has 2 aromatic heterocycles. The molecule has 33 heavy (non-hydrogen) atoms. The van der Waals surface area contributed by atoms with E-state index in [2.05, 4.69) is 20.9 Å². The number of aliphatic hydroxyl groups is 1. The quantitative estimate of drug-likeness (QED) is 0.482. The number of pyridine rings is 1. The van der Waals surface area contributed by atoms with E-state index in [9.17, 15) is 10.2 Å². The van der Waals surface area contributed by atoms with Crippen LogP contribution in [-0.2, 0) is 0 Å². The lowest BCUT2D eigenvalue weighted by atomic mass is 10.1. The number of hydrogen-bond donors (Lipinski definition) is 2. The first kappa shape index (κ1) is 19.9. The Kier molecular flexibility index (Phi) is 4.66. The van der Waals surface area contributed by atoms with Crippen LogP contribution in [0.4, 0.5) is 23.0 Å². The Bertz CT molecular complexity index is 1320. The lowest BCUT2D eigenvalue weighted by molar-refractivity contribution is 0.260. The Morgan fingerprint density at radius 3 is 2.52 bits per heavy atom. The molecule has 0 spiro atoms. The number of piperidine rings is 1. The smallest absolute Gasteiger partial charge is 0.149 e. The summed E-state index contributed by atoms with van der Waals surface area (Å²) in [5, 5.41) is 20.4. The zero-order valence-corrected chi connectivity index (χ0v) is 18.3. The zero-order chi connectivity index (χ0) is 22.5. The summed E-state index contributed by atoms with van der Waals surface area (Å²) in [6.45, 7) is 4.12. The van der Waals surface area contributed by atoms with Crippen molar-refractivity contribution in [3.05, 3.63) is 72.7 Å². The highest BCUT2D eigenvalue weighted by Gasteiger charge is 2.55. The first-order valence-corrected chi connectivity index (χ1v) is 11.3.